The number of likely N-dealkylation sites (tertiary alicyclic amines) is 1. The summed E-state index contributed by atoms with van der Waals surface area (Å²) in [5, 5.41) is 9.68. The van der Waals surface area contributed by atoms with Gasteiger partial charge in [0, 0.05) is 31.4 Å². The molecule has 0 spiro atoms. The first-order chi connectivity index (χ1) is 14.0. The quantitative estimate of drug-likeness (QED) is 0.437. The molecule has 1 fully saturated rings. The Morgan fingerprint density at radius 3 is 2.03 bits per heavy atom. The number of hydrogen-bond acceptors (Lipinski definition) is 7. The average Bonchev–Trinajstić information content (AvgIpc) is 3.17. The molecule has 4 amide bonds. The van der Waals surface area contributed by atoms with Gasteiger partial charge in [-0.05, 0) is 18.1 Å². The molecule has 1 atom stereocenters. The van der Waals surface area contributed by atoms with Crippen LogP contribution in [-0.2, 0) is 40.5 Å². The number of rotatable bonds is 7. The Labute approximate surface area is 170 Å². The van der Waals surface area contributed by atoms with E-state index in [1.54, 1.807) is 0 Å². The van der Waals surface area contributed by atoms with Gasteiger partial charge in [0.1, 0.15) is 0 Å². The van der Waals surface area contributed by atoms with E-state index in [1.165, 1.54) is 24.3 Å². The topological polar surface area (TPSA) is 166 Å². The number of hydrogen-bond donors (Lipinski definition) is 2. The maximum absolute atomic E-state index is 12.1. The fourth-order valence-corrected chi connectivity index (χ4v) is 4.55. The summed E-state index contributed by atoms with van der Waals surface area (Å²) in [6.45, 7) is 0. The number of para-hydroxylation sites is 1. The van der Waals surface area contributed by atoms with E-state index in [0.29, 0.717) is 0 Å². The number of nitrogens with zero attached hydrogens (tertiary/aromatic N) is 2. The van der Waals surface area contributed by atoms with Crippen molar-refractivity contribution in [2.75, 3.05) is 4.90 Å². The van der Waals surface area contributed by atoms with Gasteiger partial charge in [-0.1, -0.05) is 18.2 Å². The van der Waals surface area contributed by atoms with Crippen molar-refractivity contribution in [3.63, 3.8) is 0 Å². The first-order valence-corrected chi connectivity index (χ1v) is 10.1. The normalized spacial score (nSPS) is 19.0. The van der Waals surface area contributed by atoms with Crippen molar-refractivity contribution in [2.45, 2.75) is 30.6 Å². The second-order valence-corrected chi connectivity index (χ2v) is 8.29. The van der Waals surface area contributed by atoms with E-state index in [1.807, 2.05) is 0 Å². The van der Waals surface area contributed by atoms with Gasteiger partial charge in [-0.2, -0.15) is 8.42 Å². The highest BCUT2D eigenvalue weighted by molar-refractivity contribution is 7.88. The van der Waals surface area contributed by atoms with E-state index in [4.69, 9.17) is 0 Å². The highest BCUT2D eigenvalue weighted by Crippen LogP contribution is 2.35. The molecule has 0 aromatic heterocycles. The van der Waals surface area contributed by atoms with Crippen LogP contribution < -0.4 is 4.90 Å². The van der Waals surface area contributed by atoms with E-state index < -0.39 is 57.4 Å². The highest BCUT2D eigenvalue weighted by atomic mass is 32.2. The van der Waals surface area contributed by atoms with Crippen LogP contribution in [0.25, 0.3) is 0 Å². The second kappa shape index (κ2) is 7.46. The smallest absolute Gasteiger partial charge is 0.348 e. The van der Waals surface area contributed by atoms with Crippen LogP contribution in [0.2, 0.25) is 0 Å². The van der Waals surface area contributed by atoms with Gasteiger partial charge in [-0.15, -0.1) is 0 Å². The number of amides is 4. The lowest BCUT2D eigenvalue weighted by Crippen LogP contribution is -2.61. The molecule has 1 saturated heterocycles. The summed E-state index contributed by atoms with van der Waals surface area (Å²) >= 11 is 0. The van der Waals surface area contributed by atoms with Crippen LogP contribution in [0.4, 0.5) is 5.69 Å². The summed E-state index contributed by atoms with van der Waals surface area (Å²) in [6.07, 6.45) is 0.0291. The third-order valence-electron chi connectivity index (χ3n) is 4.95. The average molecular weight is 436 g/mol. The van der Waals surface area contributed by atoms with Gasteiger partial charge in [0.2, 0.25) is 11.8 Å². The molecule has 12 heteroatoms. The molecule has 2 N–H and O–H groups in total. The molecule has 1 unspecified atom stereocenters. The minimum absolute atomic E-state index is 0.0704. The minimum Gasteiger partial charge on any atom is -0.479 e. The van der Waals surface area contributed by atoms with E-state index in [0.717, 1.165) is 17.1 Å². The standard InChI is InChI=1S/C18H16N2O9S/c21-13-5-6-14(22)19(13)12-4-2-1-3-11(12)9-10-18(17(25)26,30(27,28)29)20-15(23)7-8-16(20)24/h1-6H,7-10H2,(H,25,26)(H,27,28,29). The summed E-state index contributed by atoms with van der Waals surface area (Å²) in [5.41, 5.74) is 0.294. The number of carboxylic acids is 1. The molecule has 1 aromatic carbocycles. The van der Waals surface area contributed by atoms with Crippen LogP contribution in [0.3, 0.4) is 0 Å². The van der Waals surface area contributed by atoms with Crippen molar-refractivity contribution in [2.24, 2.45) is 0 Å². The van der Waals surface area contributed by atoms with Crippen LogP contribution in [0.15, 0.2) is 36.4 Å². The first kappa shape index (κ1) is 21.3. The minimum atomic E-state index is -5.47. The number of carboxylic acid groups (broad SMARTS) is 1. The van der Waals surface area contributed by atoms with Crippen LogP contribution in [0, 0.1) is 0 Å². The summed E-state index contributed by atoms with van der Waals surface area (Å²) in [5.74, 6) is -5.46. The molecule has 11 nitrogen and oxygen atoms in total. The number of carbonyl (C=O) groups excluding carboxylic acids is 4. The maximum atomic E-state index is 12.1. The molecule has 3 rings (SSSR count). The van der Waals surface area contributed by atoms with E-state index in [-0.39, 0.29) is 29.0 Å². The van der Waals surface area contributed by atoms with Crippen LogP contribution in [-0.4, -0.2) is 57.4 Å². The Kier molecular flexibility index (Phi) is 5.31. The molecule has 0 aliphatic carbocycles. The van der Waals surface area contributed by atoms with Crippen LogP contribution in [0.1, 0.15) is 24.8 Å². The Balaban J connectivity index is 2.04. The summed E-state index contributed by atoms with van der Waals surface area (Å²) in [6, 6.07) is 5.86. The van der Waals surface area contributed by atoms with Crippen LogP contribution in [0.5, 0.6) is 0 Å². The molecule has 0 saturated carbocycles. The van der Waals surface area contributed by atoms with Gasteiger partial charge < -0.3 is 5.11 Å². The molecule has 158 valence electrons. The fourth-order valence-electron chi connectivity index (χ4n) is 3.53. The number of imide groups is 2. The number of anilines is 1. The van der Waals surface area contributed by atoms with Crippen molar-refractivity contribution in [1.29, 1.82) is 0 Å². The zero-order valence-electron chi connectivity index (χ0n) is 15.3. The molecule has 0 bridgehead atoms. The number of aliphatic carboxylic acids is 1. The first-order valence-electron chi connectivity index (χ1n) is 8.71. The Hall–Kier alpha value is -3.38. The number of aryl methyl sites for hydroxylation is 1. The van der Waals surface area contributed by atoms with Crippen molar-refractivity contribution < 1.29 is 42.0 Å². The SMILES string of the molecule is O=C1C=CC(=O)N1c1ccccc1CCC(C(=O)O)(N1C(=O)CCC1=O)S(=O)(=O)O. The predicted octanol–water partition coefficient (Wildman–Crippen LogP) is -0.134. The van der Waals surface area contributed by atoms with Gasteiger partial charge in [-0.25, -0.2) is 14.6 Å². The van der Waals surface area contributed by atoms with Crippen molar-refractivity contribution >= 4 is 45.4 Å². The van der Waals surface area contributed by atoms with Crippen molar-refractivity contribution in [1.82, 2.24) is 4.90 Å². The zero-order valence-corrected chi connectivity index (χ0v) is 16.2. The molecule has 2 aliphatic rings. The van der Waals surface area contributed by atoms with E-state index in [2.05, 4.69) is 0 Å². The molecule has 2 aliphatic heterocycles. The number of benzene rings is 1. The predicted molar refractivity (Wildman–Crippen MR) is 99.4 cm³/mol. The zero-order chi connectivity index (χ0) is 22.3. The molecule has 1 aromatic rings. The van der Waals surface area contributed by atoms with Crippen molar-refractivity contribution in [3.8, 4) is 0 Å². The van der Waals surface area contributed by atoms with E-state index >= 15 is 0 Å². The lowest BCUT2D eigenvalue weighted by molar-refractivity contribution is -0.157. The van der Waals surface area contributed by atoms with Gasteiger partial charge in [0.05, 0.1) is 5.69 Å². The largest absolute Gasteiger partial charge is 0.479 e. The van der Waals surface area contributed by atoms with Crippen LogP contribution >= 0.6 is 0 Å². The third-order valence-corrected chi connectivity index (χ3v) is 6.36. The summed E-state index contributed by atoms with van der Waals surface area (Å²) < 4.78 is 34.0. The third kappa shape index (κ3) is 3.29. The fraction of sp³-hybridized carbons (Fsp3) is 0.278. The Morgan fingerprint density at radius 2 is 1.53 bits per heavy atom. The summed E-state index contributed by atoms with van der Waals surface area (Å²) in [7, 11) is -5.47. The molecular weight excluding hydrogens is 420 g/mol. The molecule has 30 heavy (non-hydrogen) atoms. The van der Waals surface area contributed by atoms with Gasteiger partial charge in [0.25, 0.3) is 16.7 Å². The lowest BCUT2D eigenvalue weighted by atomic mass is 10.0. The van der Waals surface area contributed by atoms with E-state index in [9.17, 15) is 42.0 Å². The van der Waals surface area contributed by atoms with Gasteiger partial charge in [0.15, 0.2) is 0 Å². The van der Waals surface area contributed by atoms with Gasteiger partial charge in [-0.3, -0.25) is 23.7 Å². The number of carbonyl (C=O) groups is 5. The molecule has 2 heterocycles. The molecular formula is C18H16N2O9S. The Bertz CT molecular complexity index is 1070. The Morgan fingerprint density at radius 1 is 1.00 bits per heavy atom. The molecule has 0 radical (unpaired) electrons. The maximum Gasteiger partial charge on any atom is 0.348 e. The van der Waals surface area contributed by atoms with Crippen molar-refractivity contribution in [3.05, 3.63) is 42.0 Å². The second-order valence-electron chi connectivity index (χ2n) is 6.66. The lowest BCUT2D eigenvalue weighted by Gasteiger charge is -2.34. The summed E-state index contributed by atoms with van der Waals surface area (Å²) in [4.78, 5) is 57.9. The monoisotopic (exact) mass is 436 g/mol. The highest BCUT2D eigenvalue weighted by Gasteiger charge is 2.60. The van der Waals surface area contributed by atoms with Gasteiger partial charge >= 0.3 is 16.1 Å².